The maximum Gasteiger partial charge on any atom is 0.315 e. The van der Waals surface area contributed by atoms with Gasteiger partial charge in [-0.25, -0.2) is 4.79 Å². The van der Waals surface area contributed by atoms with Crippen LogP contribution >= 0.6 is 0 Å². The summed E-state index contributed by atoms with van der Waals surface area (Å²) in [5, 5.41) is 6.07. The van der Waals surface area contributed by atoms with Crippen LogP contribution in [0.4, 0.5) is 4.79 Å². The predicted molar refractivity (Wildman–Crippen MR) is 100 cm³/mol. The van der Waals surface area contributed by atoms with Crippen molar-refractivity contribution in [3.05, 3.63) is 35.9 Å². The van der Waals surface area contributed by atoms with Crippen LogP contribution in [0, 0.1) is 5.92 Å². The highest BCUT2D eigenvalue weighted by Crippen LogP contribution is 2.13. The number of nitrogens with zero attached hydrogens (tertiary/aromatic N) is 1. The van der Waals surface area contributed by atoms with Crippen molar-refractivity contribution in [2.24, 2.45) is 5.92 Å². The van der Waals surface area contributed by atoms with Crippen LogP contribution in [0.5, 0.6) is 0 Å². The average molecular weight is 345 g/mol. The maximum absolute atomic E-state index is 12.2. The van der Waals surface area contributed by atoms with Crippen molar-refractivity contribution < 1.29 is 9.59 Å². The van der Waals surface area contributed by atoms with Crippen LogP contribution in [0.2, 0.25) is 0 Å². The lowest BCUT2D eigenvalue weighted by atomic mass is 10.0. The molecule has 1 fully saturated rings. The molecule has 1 unspecified atom stereocenters. The first kappa shape index (κ1) is 19.3. The van der Waals surface area contributed by atoms with E-state index in [9.17, 15) is 9.59 Å². The van der Waals surface area contributed by atoms with Crippen molar-refractivity contribution in [1.29, 1.82) is 0 Å². The predicted octanol–water partition coefficient (Wildman–Crippen LogP) is 2.95. The molecule has 3 amide bonds. The first-order valence-electron chi connectivity index (χ1n) is 9.35. The van der Waals surface area contributed by atoms with Gasteiger partial charge in [-0.2, -0.15) is 0 Å². The molecule has 5 nitrogen and oxygen atoms in total. The molecular weight excluding hydrogens is 314 g/mol. The lowest BCUT2D eigenvalue weighted by Crippen LogP contribution is -2.51. The lowest BCUT2D eigenvalue weighted by Gasteiger charge is -2.33. The molecule has 1 heterocycles. The molecule has 5 heteroatoms. The molecule has 0 radical (unpaired) electrons. The van der Waals surface area contributed by atoms with Gasteiger partial charge in [-0.3, -0.25) is 4.79 Å². The van der Waals surface area contributed by atoms with Gasteiger partial charge in [-0.05, 0) is 38.2 Å². The molecule has 138 valence electrons. The molecule has 2 N–H and O–H groups in total. The first-order chi connectivity index (χ1) is 12.0. The van der Waals surface area contributed by atoms with Gasteiger partial charge >= 0.3 is 6.03 Å². The van der Waals surface area contributed by atoms with E-state index in [4.69, 9.17) is 0 Å². The fourth-order valence-electron chi connectivity index (χ4n) is 3.16. The van der Waals surface area contributed by atoms with E-state index in [0.717, 1.165) is 38.8 Å². The molecule has 2 rings (SSSR count). The zero-order valence-corrected chi connectivity index (χ0v) is 15.6. The minimum atomic E-state index is -0.103. The van der Waals surface area contributed by atoms with Gasteiger partial charge in [0.2, 0.25) is 5.91 Å². The van der Waals surface area contributed by atoms with E-state index in [1.54, 1.807) is 0 Å². The fraction of sp³-hybridized carbons (Fsp3) is 0.600. The van der Waals surface area contributed by atoms with Crippen LogP contribution in [0.3, 0.4) is 0 Å². The molecule has 0 aliphatic carbocycles. The number of urea groups is 1. The van der Waals surface area contributed by atoms with Gasteiger partial charge in [0.15, 0.2) is 0 Å². The summed E-state index contributed by atoms with van der Waals surface area (Å²) < 4.78 is 0. The van der Waals surface area contributed by atoms with Crippen molar-refractivity contribution >= 4 is 11.9 Å². The van der Waals surface area contributed by atoms with Crippen molar-refractivity contribution in [3.63, 3.8) is 0 Å². The average Bonchev–Trinajstić information content (AvgIpc) is 2.60. The van der Waals surface area contributed by atoms with E-state index in [2.05, 4.69) is 22.8 Å². The Morgan fingerprint density at radius 1 is 1.12 bits per heavy atom. The highest BCUT2D eigenvalue weighted by atomic mass is 16.2. The van der Waals surface area contributed by atoms with E-state index in [1.165, 1.54) is 5.56 Å². The number of likely N-dealkylation sites (tertiary alicyclic amines) is 1. The SMILES string of the molecule is CC(CCc1ccccc1)NC(=O)NC1CCN(C(=O)C(C)C)CC1. The molecule has 1 aromatic rings. The smallest absolute Gasteiger partial charge is 0.315 e. The number of carbonyl (C=O) groups excluding carboxylic acids is 2. The Bertz CT molecular complexity index is 551. The largest absolute Gasteiger partial charge is 0.342 e. The highest BCUT2D eigenvalue weighted by Gasteiger charge is 2.25. The second-order valence-electron chi connectivity index (χ2n) is 7.30. The standard InChI is InChI=1S/C20H31N3O2/c1-15(2)19(24)23-13-11-18(12-14-23)22-20(25)21-16(3)9-10-17-7-5-4-6-8-17/h4-8,15-16,18H,9-14H2,1-3H3,(H2,21,22,25). The number of benzene rings is 1. The quantitative estimate of drug-likeness (QED) is 0.833. The lowest BCUT2D eigenvalue weighted by molar-refractivity contribution is -0.135. The number of amides is 3. The van der Waals surface area contributed by atoms with Crippen molar-refractivity contribution in [3.8, 4) is 0 Å². The van der Waals surface area contributed by atoms with E-state index in [1.807, 2.05) is 43.9 Å². The Morgan fingerprint density at radius 2 is 1.76 bits per heavy atom. The van der Waals surface area contributed by atoms with Crippen LogP contribution in [-0.4, -0.2) is 42.0 Å². The topological polar surface area (TPSA) is 61.4 Å². The second-order valence-corrected chi connectivity index (χ2v) is 7.30. The summed E-state index contributed by atoms with van der Waals surface area (Å²) in [7, 11) is 0. The van der Waals surface area contributed by atoms with E-state index in [-0.39, 0.29) is 29.9 Å². The summed E-state index contributed by atoms with van der Waals surface area (Å²) in [6.07, 6.45) is 3.52. The molecular formula is C20H31N3O2. The molecule has 0 spiro atoms. The molecule has 1 aromatic carbocycles. The minimum absolute atomic E-state index is 0.0401. The highest BCUT2D eigenvalue weighted by molar-refractivity contribution is 5.78. The molecule has 25 heavy (non-hydrogen) atoms. The van der Waals surface area contributed by atoms with Gasteiger partial charge in [0, 0.05) is 31.1 Å². The van der Waals surface area contributed by atoms with Crippen LogP contribution < -0.4 is 10.6 Å². The Kier molecular flexibility index (Phi) is 7.29. The van der Waals surface area contributed by atoms with Gasteiger partial charge in [0.25, 0.3) is 0 Å². The number of carbonyl (C=O) groups is 2. The summed E-state index contributed by atoms with van der Waals surface area (Å²) >= 11 is 0. The van der Waals surface area contributed by atoms with Crippen LogP contribution in [0.1, 0.15) is 45.6 Å². The number of nitrogens with one attached hydrogen (secondary N) is 2. The molecule has 1 saturated heterocycles. The monoisotopic (exact) mass is 345 g/mol. The van der Waals surface area contributed by atoms with Crippen LogP contribution in [0.25, 0.3) is 0 Å². The maximum atomic E-state index is 12.2. The molecule has 1 atom stereocenters. The van der Waals surface area contributed by atoms with Gasteiger partial charge < -0.3 is 15.5 Å². The number of rotatable bonds is 6. The molecule has 0 aromatic heterocycles. The Morgan fingerprint density at radius 3 is 2.36 bits per heavy atom. The van der Waals surface area contributed by atoms with Crippen molar-refractivity contribution in [2.75, 3.05) is 13.1 Å². The normalized spacial score (nSPS) is 16.6. The first-order valence-corrected chi connectivity index (χ1v) is 9.35. The zero-order chi connectivity index (χ0) is 18.2. The molecule has 1 aliphatic heterocycles. The van der Waals surface area contributed by atoms with E-state index in [0.29, 0.717) is 0 Å². The summed E-state index contributed by atoms with van der Waals surface area (Å²) in [6.45, 7) is 7.34. The van der Waals surface area contributed by atoms with Gasteiger partial charge in [0.05, 0.1) is 0 Å². The summed E-state index contributed by atoms with van der Waals surface area (Å²) in [5.74, 6) is 0.246. The summed E-state index contributed by atoms with van der Waals surface area (Å²) in [4.78, 5) is 26.0. The molecule has 0 bridgehead atoms. The van der Waals surface area contributed by atoms with Crippen LogP contribution in [-0.2, 0) is 11.2 Å². The van der Waals surface area contributed by atoms with E-state index >= 15 is 0 Å². The number of piperidine rings is 1. The third-order valence-corrected chi connectivity index (χ3v) is 4.72. The Hall–Kier alpha value is -2.04. The van der Waals surface area contributed by atoms with Gasteiger partial charge in [-0.1, -0.05) is 44.2 Å². The van der Waals surface area contributed by atoms with Crippen molar-refractivity contribution in [2.45, 2.75) is 58.5 Å². The summed E-state index contributed by atoms with van der Waals surface area (Å²) in [5.41, 5.74) is 1.29. The van der Waals surface area contributed by atoms with Gasteiger partial charge in [0.1, 0.15) is 0 Å². The number of hydrogen-bond acceptors (Lipinski definition) is 2. The third kappa shape index (κ3) is 6.40. The van der Waals surface area contributed by atoms with Crippen LogP contribution in [0.15, 0.2) is 30.3 Å². The Balaban J connectivity index is 1.66. The number of aryl methyl sites for hydroxylation is 1. The number of hydrogen-bond donors (Lipinski definition) is 2. The molecule has 0 saturated carbocycles. The minimum Gasteiger partial charge on any atom is -0.342 e. The fourth-order valence-corrected chi connectivity index (χ4v) is 3.16. The van der Waals surface area contributed by atoms with E-state index < -0.39 is 0 Å². The second kappa shape index (κ2) is 9.44. The summed E-state index contributed by atoms with van der Waals surface area (Å²) in [6, 6.07) is 10.5. The third-order valence-electron chi connectivity index (χ3n) is 4.72. The van der Waals surface area contributed by atoms with Gasteiger partial charge in [-0.15, -0.1) is 0 Å². The van der Waals surface area contributed by atoms with Crippen molar-refractivity contribution in [1.82, 2.24) is 15.5 Å². The zero-order valence-electron chi connectivity index (χ0n) is 15.6. The Labute approximate surface area is 151 Å². The molecule has 1 aliphatic rings.